The molecule has 0 amide bonds. The minimum atomic E-state index is -2.89. The molecule has 0 saturated heterocycles. The van der Waals surface area contributed by atoms with Crippen molar-refractivity contribution in [1.82, 2.24) is 0 Å². The van der Waals surface area contributed by atoms with Crippen molar-refractivity contribution in [3.8, 4) is 0 Å². The van der Waals surface area contributed by atoms with Crippen LogP contribution in [0.1, 0.15) is 104 Å². The summed E-state index contributed by atoms with van der Waals surface area (Å²) in [6.45, 7) is 7.90. The molecule has 1 N–H and O–H groups in total. The fourth-order valence-corrected chi connectivity index (χ4v) is 4.72. The second-order valence-electron chi connectivity index (χ2n) is 7.81. The third-order valence-corrected chi connectivity index (χ3v) is 6.87. The van der Waals surface area contributed by atoms with Crippen LogP contribution >= 0.6 is 7.37 Å². The largest absolute Gasteiger partial charge is 0.462 e. The summed E-state index contributed by atoms with van der Waals surface area (Å²) in [5.41, 5.74) is 0.453. The first-order valence-electron chi connectivity index (χ1n) is 11.0. The van der Waals surface area contributed by atoms with Crippen molar-refractivity contribution in [3.63, 3.8) is 0 Å². The molecule has 1 unspecified atom stereocenters. The van der Waals surface area contributed by atoms with E-state index in [2.05, 4.69) is 13.5 Å². The van der Waals surface area contributed by atoms with Gasteiger partial charge in [0.05, 0.1) is 6.61 Å². The first-order chi connectivity index (χ1) is 12.9. The molecule has 0 saturated carbocycles. The Kier molecular flexibility index (Phi) is 17.1. The predicted octanol–water partition coefficient (Wildman–Crippen LogP) is 6.86. The summed E-state index contributed by atoms with van der Waals surface area (Å²) in [4.78, 5) is 21.2. The minimum absolute atomic E-state index is 0.298. The van der Waals surface area contributed by atoms with E-state index < -0.39 is 7.37 Å². The van der Waals surface area contributed by atoms with Gasteiger partial charge in [0, 0.05) is 17.9 Å². The Balaban J connectivity index is 3.38. The van der Waals surface area contributed by atoms with E-state index in [-0.39, 0.29) is 5.97 Å². The summed E-state index contributed by atoms with van der Waals surface area (Å²) in [6, 6.07) is 0. The number of carbonyl (C=O) groups is 1. The molecule has 0 bridgehead atoms. The van der Waals surface area contributed by atoms with Crippen LogP contribution in [0, 0.1) is 0 Å². The Morgan fingerprint density at radius 1 is 0.815 bits per heavy atom. The zero-order valence-corrected chi connectivity index (χ0v) is 18.7. The van der Waals surface area contributed by atoms with Crippen molar-refractivity contribution in [1.29, 1.82) is 0 Å². The summed E-state index contributed by atoms with van der Waals surface area (Å²) >= 11 is 0. The van der Waals surface area contributed by atoms with Gasteiger partial charge in [0.25, 0.3) is 0 Å². The highest BCUT2D eigenvalue weighted by Crippen LogP contribution is 2.42. The topological polar surface area (TPSA) is 63.6 Å². The summed E-state index contributed by atoms with van der Waals surface area (Å²) < 4.78 is 17.2. The maximum atomic E-state index is 12.1. The lowest BCUT2D eigenvalue weighted by atomic mass is 10.1. The van der Waals surface area contributed by atoms with Crippen molar-refractivity contribution < 1.29 is 19.0 Å². The molecule has 0 radical (unpaired) electrons. The molecule has 0 fully saturated rings. The lowest BCUT2D eigenvalue weighted by Crippen LogP contribution is -2.05. The number of hydrogen-bond acceptors (Lipinski definition) is 3. The first-order valence-corrected chi connectivity index (χ1v) is 13.1. The van der Waals surface area contributed by atoms with E-state index in [1.54, 1.807) is 6.92 Å². The zero-order chi connectivity index (χ0) is 20.4. The summed E-state index contributed by atoms with van der Waals surface area (Å²) in [7, 11) is -2.89. The van der Waals surface area contributed by atoms with Crippen molar-refractivity contribution in [3.05, 3.63) is 12.2 Å². The molecule has 27 heavy (non-hydrogen) atoms. The Morgan fingerprint density at radius 2 is 1.22 bits per heavy atom. The van der Waals surface area contributed by atoms with Gasteiger partial charge in [0.15, 0.2) is 0 Å². The SMILES string of the molecule is C=C(C)C(=O)OCCCCCCCCCCP(=O)(O)CCCCCCCC. The Bertz CT molecular complexity index is 434. The fourth-order valence-electron chi connectivity index (χ4n) is 3.06. The van der Waals surface area contributed by atoms with Crippen molar-refractivity contribution in [2.24, 2.45) is 0 Å². The van der Waals surface area contributed by atoms with Gasteiger partial charge in [0.2, 0.25) is 7.37 Å². The number of hydrogen-bond donors (Lipinski definition) is 1. The lowest BCUT2D eigenvalue weighted by Gasteiger charge is -2.11. The molecule has 0 aliphatic heterocycles. The Morgan fingerprint density at radius 3 is 1.67 bits per heavy atom. The minimum Gasteiger partial charge on any atom is -0.462 e. The second-order valence-corrected chi connectivity index (χ2v) is 10.4. The van der Waals surface area contributed by atoms with Gasteiger partial charge in [-0.3, -0.25) is 4.57 Å². The highest BCUT2D eigenvalue weighted by Gasteiger charge is 2.16. The third-order valence-electron chi connectivity index (χ3n) is 4.84. The van der Waals surface area contributed by atoms with Crippen LogP contribution in [0.15, 0.2) is 12.2 Å². The lowest BCUT2D eigenvalue weighted by molar-refractivity contribution is -0.139. The molecule has 0 spiro atoms. The van der Waals surface area contributed by atoms with Crippen LogP contribution in [0.25, 0.3) is 0 Å². The van der Waals surface area contributed by atoms with Crippen LogP contribution in [-0.4, -0.2) is 29.8 Å². The average molecular weight is 403 g/mol. The van der Waals surface area contributed by atoms with Crippen LogP contribution in [0.5, 0.6) is 0 Å². The van der Waals surface area contributed by atoms with E-state index in [9.17, 15) is 14.3 Å². The summed E-state index contributed by atoms with van der Waals surface area (Å²) in [5.74, 6) is -0.298. The monoisotopic (exact) mass is 402 g/mol. The van der Waals surface area contributed by atoms with Gasteiger partial charge in [-0.05, 0) is 26.2 Å². The number of rotatable bonds is 19. The van der Waals surface area contributed by atoms with Gasteiger partial charge < -0.3 is 9.63 Å². The zero-order valence-electron chi connectivity index (χ0n) is 17.8. The molecule has 160 valence electrons. The molecule has 0 aliphatic carbocycles. The van der Waals surface area contributed by atoms with Gasteiger partial charge in [-0.15, -0.1) is 0 Å². The van der Waals surface area contributed by atoms with Crippen LogP contribution in [0.2, 0.25) is 0 Å². The standard InChI is InChI=1S/C22H43O4P/c1-4-5-6-7-13-16-19-27(24,25)20-17-14-11-9-8-10-12-15-18-26-22(23)21(2)3/h2,4-20H2,1,3H3,(H,24,25). The highest BCUT2D eigenvalue weighted by molar-refractivity contribution is 7.57. The van der Waals surface area contributed by atoms with Gasteiger partial charge in [-0.1, -0.05) is 84.1 Å². The molecule has 0 aromatic heterocycles. The molecule has 0 aliphatic rings. The van der Waals surface area contributed by atoms with E-state index in [0.29, 0.717) is 24.5 Å². The molecule has 5 heteroatoms. The maximum Gasteiger partial charge on any atom is 0.333 e. The van der Waals surface area contributed by atoms with Crippen LogP contribution in [0.3, 0.4) is 0 Å². The van der Waals surface area contributed by atoms with Crippen LogP contribution in [-0.2, 0) is 14.1 Å². The predicted molar refractivity (Wildman–Crippen MR) is 116 cm³/mol. The van der Waals surface area contributed by atoms with Crippen molar-refractivity contribution in [2.45, 2.75) is 104 Å². The fraction of sp³-hybridized carbons (Fsp3) is 0.864. The van der Waals surface area contributed by atoms with Gasteiger partial charge in [-0.25, -0.2) is 4.79 Å². The molecule has 1 atom stereocenters. The molecule has 0 rings (SSSR count). The highest BCUT2D eigenvalue weighted by atomic mass is 31.2. The molecular formula is C22H43O4P. The number of carbonyl (C=O) groups excluding carboxylic acids is 1. The number of unbranched alkanes of at least 4 members (excludes halogenated alkanes) is 12. The summed E-state index contributed by atoms with van der Waals surface area (Å²) in [5, 5.41) is 0. The normalized spacial score (nSPS) is 13.3. The molecule has 0 aromatic rings. The van der Waals surface area contributed by atoms with Crippen LogP contribution in [0.4, 0.5) is 0 Å². The average Bonchev–Trinajstić information content (AvgIpc) is 2.62. The van der Waals surface area contributed by atoms with Gasteiger partial charge >= 0.3 is 5.97 Å². The second kappa shape index (κ2) is 17.5. The van der Waals surface area contributed by atoms with E-state index in [0.717, 1.165) is 51.4 Å². The van der Waals surface area contributed by atoms with E-state index in [4.69, 9.17) is 4.74 Å². The number of esters is 1. The molecule has 0 heterocycles. The molecule has 4 nitrogen and oxygen atoms in total. The number of ether oxygens (including phenoxy) is 1. The summed E-state index contributed by atoms with van der Waals surface area (Å²) in [6.07, 6.45) is 16.5. The Hall–Kier alpha value is -0.600. The Labute approximate surface area is 167 Å². The van der Waals surface area contributed by atoms with Gasteiger partial charge in [0.1, 0.15) is 0 Å². The van der Waals surface area contributed by atoms with E-state index in [1.165, 1.54) is 38.5 Å². The third kappa shape index (κ3) is 18.5. The molecule has 0 aromatic carbocycles. The smallest absolute Gasteiger partial charge is 0.333 e. The quantitative estimate of drug-likeness (QED) is 0.111. The van der Waals surface area contributed by atoms with Gasteiger partial charge in [-0.2, -0.15) is 0 Å². The van der Waals surface area contributed by atoms with E-state index in [1.807, 2.05) is 0 Å². The van der Waals surface area contributed by atoms with E-state index >= 15 is 0 Å². The van der Waals surface area contributed by atoms with Crippen molar-refractivity contribution >= 4 is 13.3 Å². The van der Waals surface area contributed by atoms with Crippen LogP contribution < -0.4 is 0 Å². The first kappa shape index (κ1) is 26.4. The maximum absolute atomic E-state index is 12.1. The van der Waals surface area contributed by atoms with Crippen molar-refractivity contribution in [2.75, 3.05) is 18.9 Å². The molecular weight excluding hydrogens is 359 g/mol.